The van der Waals surface area contributed by atoms with Gasteiger partial charge in [-0.15, -0.1) is 0 Å². The molecule has 0 aromatic rings. The zero-order valence-electron chi connectivity index (χ0n) is 10.9. The van der Waals surface area contributed by atoms with Gasteiger partial charge in [0.25, 0.3) is 5.91 Å². The van der Waals surface area contributed by atoms with E-state index in [4.69, 9.17) is 10.2 Å². The Morgan fingerprint density at radius 3 is 2.25 bits per heavy atom. The molecule has 118 valence electrons. The first kappa shape index (κ1) is 18.7. The average molecular weight is 296 g/mol. The summed E-state index contributed by atoms with van der Waals surface area (Å²) in [5.41, 5.74) is 4.06. The molecule has 0 aromatic heterocycles. The Hall–Kier alpha value is -1.30. The highest BCUT2D eigenvalue weighted by molar-refractivity contribution is 5.81. The maximum atomic E-state index is 11.3. The van der Waals surface area contributed by atoms with Crippen molar-refractivity contribution >= 4 is 11.9 Å². The number of aliphatic hydroxyl groups excluding tert-OH is 5. The molecule has 0 rings (SSSR count). The molecule has 10 heteroatoms. The van der Waals surface area contributed by atoms with E-state index in [1.54, 1.807) is 6.92 Å². The van der Waals surface area contributed by atoms with Gasteiger partial charge < -0.3 is 30.3 Å². The Kier molecular flexibility index (Phi) is 8.96. The first-order valence-corrected chi connectivity index (χ1v) is 5.86. The van der Waals surface area contributed by atoms with Crippen LogP contribution >= 0.6 is 0 Å². The molecule has 0 spiro atoms. The summed E-state index contributed by atoms with van der Waals surface area (Å²) in [7, 11) is 0. The number of ether oxygens (including phenoxy) is 1. The third kappa shape index (κ3) is 6.23. The Morgan fingerprint density at radius 2 is 1.75 bits per heavy atom. The summed E-state index contributed by atoms with van der Waals surface area (Å²) in [5, 5.41) is 45.7. The van der Waals surface area contributed by atoms with Crippen LogP contribution in [0.2, 0.25) is 0 Å². The van der Waals surface area contributed by atoms with Crippen molar-refractivity contribution in [3.05, 3.63) is 0 Å². The van der Waals surface area contributed by atoms with Crippen molar-refractivity contribution < 1.29 is 39.9 Å². The second kappa shape index (κ2) is 9.58. The molecular formula is C10H20N2O8. The second-order valence-corrected chi connectivity index (χ2v) is 3.82. The van der Waals surface area contributed by atoms with Crippen molar-refractivity contribution in [3.63, 3.8) is 0 Å². The van der Waals surface area contributed by atoms with Crippen LogP contribution in [0.1, 0.15) is 6.92 Å². The summed E-state index contributed by atoms with van der Waals surface area (Å²) < 4.78 is 4.55. The maximum absolute atomic E-state index is 11.3. The van der Waals surface area contributed by atoms with Gasteiger partial charge in [-0.1, -0.05) is 0 Å². The lowest BCUT2D eigenvalue weighted by Gasteiger charge is -2.24. The lowest BCUT2D eigenvalue weighted by atomic mass is 10.0. The molecule has 0 heterocycles. The lowest BCUT2D eigenvalue weighted by molar-refractivity contribution is -0.150. The van der Waals surface area contributed by atoms with E-state index in [0.29, 0.717) is 0 Å². The quantitative estimate of drug-likeness (QED) is 0.164. The van der Waals surface area contributed by atoms with Gasteiger partial charge in [0.15, 0.2) is 6.10 Å². The second-order valence-electron chi connectivity index (χ2n) is 3.82. The summed E-state index contributed by atoms with van der Waals surface area (Å²) in [6.45, 7) is 0.559. The van der Waals surface area contributed by atoms with Crippen molar-refractivity contribution in [1.82, 2.24) is 10.9 Å². The molecule has 1 amide bonds. The summed E-state index contributed by atoms with van der Waals surface area (Å²) in [5.74, 6) is -1.77. The number of hydrazine groups is 1. The smallest absolute Gasteiger partial charge is 0.321 e. The first-order valence-electron chi connectivity index (χ1n) is 5.86. The molecule has 20 heavy (non-hydrogen) atoms. The van der Waals surface area contributed by atoms with Crippen molar-refractivity contribution in [2.24, 2.45) is 0 Å². The van der Waals surface area contributed by atoms with E-state index < -0.39 is 42.9 Å². The van der Waals surface area contributed by atoms with Gasteiger partial charge in [0, 0.05) is 0 Å². The molecule has 7 N–H and O–H groups in total. The fourth-order valence-corrected chi connectivity index (χ4v) is 1.17. The van der Waals surface area contributed by atoms with Crippen LogP contribution in [0.25, 0.3) is 0 Å². The van der Waals surface area contributed by atoms with Crippen LogP contribution in [0, 0.1) is 0 Å². The lowest BCUT2D eigenvalue weighted by Crippen LogP contribution is -2.54. The fourth-order valence-electron chi connectivity index (χ4n) is 1.17. The highest BCUT2D eigenvalue weighted by atomic mass is 16.5. The number of carbonyl (C=O) groups is 2. The molecule has 10 nitrogen and oxygen atoms in total. The van der Waals surface area contributed by atoms with Gasteiger partial charge in [0.2, 0.25) is 0 Å². The number of hydrogen-bond acceptors (Lipinski definition) is 9. The minimum absolute atomic E-state index is 0.168. The maximum Gasteiger partial charge on any atom is 0.321 e. The zero-order chi connectivity index (χ0) is 15.7. The first-order chi connectivity index (χ1) is 9.34. The molecule has 0 radical (unpaired) electrons. The number of rotatable bonds is 9. The Labute approximate surface area is 115 Å². The summed E-state index contributed by atoms with van der Waals surface area (Å²) in [6, 6.07) is 0. The van der Waals surface area contributed by atoms with E-state index in [9.17, 15) is 24.9 Å². The van der Waals surface area contributed by atoms with Gasteiger partial charge in [-0.25, -0.2) is 5.43 Å². The molecule has 0 aliphatic carbocycles. The molecule has 0 aromatic carbocycles. The van der Waals surface area contributed by atoms with E-state index in [-0.39, 0.29) is 13.2 Å². The van der Waals surface area contributed by atoms with E-state index in [1.807, 2.05) is 5.43 Å². The van der Waals surface area contributed by atoms with E-state index in [2.05, 4.69) is 10.2 Å². The fraction of sp³-hybridized carbons (Fsp3) is 0.800. The summed E-state index contributed by atoms with van der Waals surface area (Å²) in [6.07, 6.45) is -7.70. The molecule has 0 saturated carbocycles. The summed E-state index contributed by atoms with van der Waals surface area (Å²) in [4.78, 5) is 22.3. The number of hydrogen-bond donors (Lipinski definition) is 7. The minimum Gasteiger partial charge on any atom is -0.465 e. The van der Waals surface area contributed by atoms with Crippen molar-refractivity contribution in [1.29, 1.82) is 0 Å². The number of aliphatic hydroxyl groups is 5. The zero-order valence-corrected chi connectivity index (χ0v) is 10.9. The van der Waals surface area contributed by atoms with Crippen LogP contribution in [-0.2, 0) is 14.3 Å². The highest BCUT2D eigenvalue weighted by Crippen LogP contribution is 2.04. The number of carbonyl (C=O) groups excluding carboxylic acids is 2. The predicted molar refractivity (Wildman–Crippen MR) is 63.9 cm³/mol. The van der Waals surface area contributed by atoms with Crippen LogP contribution in [0.4, 0.5) is 0 Å². The van der Waals surface area contributed by atoms with Crippen LogP contribution in [-0.4, -0.2) is 81.6 Å². The van der Waals surface area contributed by atoms with Gasteiger partial charge >= 0.3 is 5.97 Å². The molecule has 0 saturated heterocycles. The number of esters is 1. The molecule has 4 atom stereocenters. The third-order valence-corrected chi connectivity index (χ3v) is 2.27. The van der Waals surface area contributed by atoms with Gasteiger partial charge in [-0.2, -0.15) is 0 Å². The minimum atomic E-state index is -2.07. The van der Waals surface area contributed by atoms with Crippen LogP contribution < -0.4 is 10.9 Å². The Morgan fingerprint density at radius 1 is 1.15 bits per heavy atom. The van der Waals surface area contributed by atoms with Crippen molar-refractivity contribution in [2.45, 2.75) is 31.3 Å². The number of amides is 1. The van der Waals surface area contributed by atoms with E-state index in [0.717, 1.165) is 0 Å². The van der Waals surface area contributed by atoms with Crippen LogP contribution in [0.3, 0.4) is 0 Å². The molecule has 0 fully saturated rings. The van der Waals surface area contributed by atoms with Gasteiger partial charge in [0.05, 0.1) is 13.2 Å². The van der Waals surface area contributed by atoms with Gasteiger partial charge in [0.1, 0.15) is 24.9 Å². The van der Waals surface area contributed by atoms with E-state index in [1.165, 1.54) is 0 Å². The van der Waals surface area contributed by atoms with Crippen LogP contribution in [0.5, 0.6) is 0 Å². The topological polar surface area (TPSA) is 169 Å². The van der Waals surface area contributed by atoms with Crippen molar-refractivity contribution in [2.75, 3.05) is 19.8 Å². The molecule has 0 bridgehead atoms. The van der Waals surface area contributed by atoms with E-state index >= 15 is 0 Å². The number of nitrogens with one attached hydrogen (secondary N) is 2. The van der Waals surface area contributed by atoms with Crippen molar-refractivity contribution in [3.8, 4) is 0 Å². The molecule has 0 unspecified atom stereocenters. The predicted octanol–water partition coefficient (Wildman–Crippen LogP) is -4.39. The van der Waals surface area contributed by atoms with Gasteiger partial charge in [-0.05, 0) is 6.92 Å². The molecule has 0 aliphatic heterocycles. The molecular weight excluding hydrogens is 276 g/mol. The Bertz CT molecular complexity index is 314. The monoisotopic (exact) mass is 296 g/mol. The normalized spacial score (nSPS) is 16.9. The Balaban J connectivity index is 4.17. The largest absolute Gasteiger partial charge is 0.465 e. The molecule has 0 aliphatic rings. The summed E-state index contributed by atoms with van der Waals surface area (Å²) >= 11 is 0. The van der Waals surface area contributed by atoms with Crippen LogP contribution in [0.15, 0.2) is 0 Å². The highest BCUT2D eigenvalue weighted by Gasteiger charge is 2.34. The van der Waals surface area contributed by atoms with Gasteiger partial charge in [-0.3, -0.25) is 15.0 Å². The SMILES string of the molecule is CCOC(=O)CNNC(=O)[C@H](O)[C@@H](O)[C@H](O)[C@H](O)CO. The third-order valence-electron chi connectivity index (χ3n) is 2.27. The standard InChI is InChI=1S/C10H20N2O8/c1-2-20-6(15)3-11-12-10(19)9(18)8(17)7(16)5(14)4-13/h5,7-9,11,13-14,16-18H,2-4H2,1H3,(H,12,19)/t5-,7-,8+,9-/m1/s1. The average Bonchev–Trinajstić information content (AvgIpc) is 2.44.